The zero-order valence-electron chi connectivity index (χ0n) is 11.0. The molecule has 3 heteroatoms. The summed E-state index contributed by atoms with van der Waals surface area (Å²) in [5.41, 5.74) is 2.64. The minimum absolute atomic E-state index is 0.673. The van der Waals surface area contributed by atoms with Crippen LogP contribution in [-0.2, 0) is 0 Å². The smallest absolute Gasteiger partial charge is 0.0653 e. The molecule has 1 aromatic carbocycles. The third-order valence-corrected chi connectivity index (χ3v) is 4.00. The molecule has 0 saturated carbocycles. The van der Waals surface area contributed by atoms with Gasteiger partial charge in [0.05, 0.1) is 11.7 Å². The number of aromatic amines is 1. The van der Waals surface area contributed by atoms with Crippen molar-refractivity contribution in [2.45, 2.75) is 32.1 Å². The molecule has 0 amide bonds. The minimum atomic E-state index is 0.673. The number of fused-ring (bicyclic) bond motifs is 1. The zero-order chi connectivity index (χ0) is 12.4. The Hall–Kier alpha value is -1.35. The van der Waals surface area contributed by atoms with Crippen molar-refractivity contribution in [1.82, 2.24) is 15.1 Å². The summed E-state index contributed by atoms with van der Waals surface area (Å²) >= 11 is 0. The van der Waals surface area contributed by atoms with Crippen LogP contribution < -0.4 is 0 Å². The first-order valence-corrected chi connectivity index (χ1v) is 7.03. The van der Waals surface area contributed by atoms with Crippen molar-refractivity contribution >= 4 is 10.9 Å². The Morgan fingerprint density at radius 1 is 1.44 bits per heavy atom. The van der Waals surface area contributed by atoms with Gasteiger partial charge in [0.15, 0.2) is 0 Å². The summed E-state index contributed by atoms with van der Waals surface area (Å²) < 4.78 is 0. The second-order valence-electron chi connectivity index (χ2n) is 5.32. The lowest BCUT2D eigenvalue weighted by Crippen LogP contribution is -2.34. The summed E-state index contributed by atoms with van der Waals surface area (Å²) in [5, 5.41) is 8.55. The van der Waals surface area contributed by atoms with Gasteiger partial charge in [0.25, 0.3) is 0 Å². The average Bonchev–Trinajstić information content (AvgIpc) is 2.87. The third-order valence-electron chi connectivity index (χ3n) is 4.00. The van der Waals surface area contributed by atoms with Gasteiger partial charge in [-0.25, -0.2) is 0 Å². The van der Waals surface area contributed by atoms with Crippen molar-refractivity contribution in [1.29, 1.82) is 0 Å². The molecule has 3 rings (SSSR count). The molecule has 2 aromatic rings. The van der Waals surface area contributed by atoms with E-state index in [0.29, 0.717) is 5.92 Å². The summed E-state index contributed by atoms with van der Waals surface area (Å²) in [4.78, 5) is 2.60. The highest BCUT2D eigenvalue weighted by Gasteiger charge is 2.22. The van der Waals surface area contributed by atoms with Gasteiger partial charge in [0, 0.05) is 11.9 Å². The van der Waals surface area contributed by atoms with Crippen molar-refractivity contribution < 1.29 is 0 Å². The van der Waals surface area contributed by atoms with Crippen LogP contribution in [0.2, 0.25) is 0 Å². The Balaban J connectivity index is 1.87. The van der Waals surface area contributed by atoms with E-state index in [1.165, 1.54) is 55.4 Å². The van der Waals surface area contributed by atoms with Crippen LogP contribution in [0.25, 0.3) is 10.9 Å². The summed E-state index contributed by atoms with van der Waals surface area (Å²) in [6, 6.07) is 6.53. The van der Waals surface area contributed by atoms with E-state index in [1.807, 2.05) is 6.20 Å². The van der Waals surface area contributed by atoms with Crippen LogP contribution in [0, 0.1) is 0 Å². The molecule has 1 aliphatic heterocycles. The largest absolute Gasteiger partial charge is 0.303 e. The molecule has 0 spiro atoms. The lowest BCUT2D eigenvalue weighted by Gasteiger charge is -2.33. The van der Waals surface area contributed by atoms with Gasteiger partial charge >= 0.3 is 0 Å². The van der Waals surface area contributed by atoms with Crippen molar-refractivity contribution in [3.63, 3.8) is 0 Å². The fourth-order valence-electron chi connectivity index (χ4n) is 3.18. The lowest BCUT2D eigenvalue weighted by atomic mass is 9.88. The number of H-pyrrole nitrogens is 1. The highest BCUT2D eigenvalue weighted by atomic mass is 15.1. The van der Waals surface area contributed by atoms with E-state index >= 15 is 0 Å². The summed E-state index contributed by atoms with van der Waals surface area (Å²) in [5.74, 6) is 0.673. The second-order valence-corrected chi connectivity index (χ2v) is 5.32. The molecule has 0 radical (unpaired) electrons. The molecule has 2 heterocycles. The van der Waals surface area contributed by atoms with E-state index in [9.17, 15) is 0 Å². The first kappa shape index (κ1) is 11.7. The predicted octanol–water partition coefficient (Wildman–Crippen LogP) is 3.15. The highest BCUT2D eigenvalue weighted by molar-refractivity contribution is 5.82. The van der Waals surface area contributed by atoms with Gasteiger partial charge in [0.1, 0.15) is 0 Å². The lowest BCUT2D eigenvalue weighted by molar-refractivity contribution is 0.209. The van der Waals surface area contributed by atoms with Gasteiger partial charge in [-0.2, -0.15) is 5.10 Å². The zero-order valence-corrected chi connectivity index (χ0v) is 11.0. The van der Waals surface area contributed by atoms with E-state index in [-0.39, 0.29) is 0 Å². The van der Waals surface area contributed by atoms with Gasteiger partial charge in [-0.05, 0) is 49.9 Å². The number of hydrogen-bond donors (Lipinski definition) is 1. The van der Waals surface area contributed by atoms with E-state index in [2.05, 4.69) is 40.2 Å². The molecule has 1 unspecified atom stereocenters. The van der Waals surface area contributed by atoms with Crippen LogP contribution in [0.15, 0.2) is 24.4 Å². The molecular formula is C15H21N3. The Kier molecular flexibility index (Phi) is 3.33. The van der Waals surface area contributed by atoms with Crippen LogP contribution in [0.3, 0.4) is 0 Å². The number of benzene rings is 1. The quantitative estimate of drug-likeness (QED) is 0.898. The molecule has 0 bridgehead atoms. The maximum absolute atomic E-state index is 4.17. The molecule has 1 saturated heterocycles. The first-order chi connectivity index (χ1) is 8.88. The van der Waals surface area contributed by atoms with Gasteiger partial charge in [-0.1, -0.05) is 19.1 Å². The van der Waals surface area contributed by atoms with Crippen LogP contribution in [0.5, 0.6) is 0 Å². The van der Waals surface area contributed by atoms with Crippen molar-refractivity contribution in [3.05, 3.63) is 30.0 Å². The molecule has 1 aliphatic rings. The average molecular weight is 243 g/mol. The van der Waals surface area contributed by atoms with Crippen LogP contribution >= 0.6 is 0 Å². The molecule has 3 nitrogen and oxygen atoms in total. The standard InChI is InChI=1S/C15H21N3/c1-2-8-18-9-4-5-12(11-18)13-6-3-7-15-14(13)10-16-17-15/h3,6-7,10,12H,2,4-5,8-9,11H2,1H3,(H,16,17). The Morgan fingerprint density at radius 2 is 2.39 bits per heavy atom. The molecule has 1 fully saturated rings. The number of nitrogens with zero attached hydrogens (tertiary/aromatic N) is 2. The monoisotopic (exact) mass is 243 g/mol. The number of hydrogen-bond acceptors (Lipinski definition) is 2. The van der Waals surface area contributed by atoms with Crippen molar-refractivity contribution in [3.8, 4) is 0 Å². The van der Waals surface area contributed by atoms with Crippen LogP contribution in [0.1, 0.15) is 37.7 Å². The van der Waals surface area contributed by atoms with Crippen molar-refractivity contribution in [2.24, 2.45) is 0 Å². The number of aromatic nitrogens is 2. The molecule has 1 atom stereocenters. The maximum Gasteiger partial charge on any atom is 0.0653 e. The van der Waals surface area contributed by atoms with Gasteiger partial charge < -0.3 is 4.90 Å². The second kappa shape index (κ2) is 5.11. The third kappa shape index (κ3) is 2.15. The Labute approximate surface area is 108 Å². The molecule has 96 valence electrons. The normalized spacial score (nSPS) is 21.5. The SMILES string of the molecule is CCCN1CCCC(c2cccc3[nH]ncc23)C1. The maximum atomic E-state index is 4.17. The molecular weight excluding hydrogens is 222 g/mol. The number of nitrogens with one attached hydrogen (secondary N) is 1. The Bertz CT molecular complexity index is 515. The van der Waals surface area contributed by atoms with Crippen LogP contribution in [-0.4, -0.2) is 34.7 Å². The number of rotatable bonds is 3. The van der Waals surface area contributed by atoms with Crippen molar-refractivity contribution in [2.75, 3.05) is 19.6 Å². The predicted molar refractivity (Wildman–Crippen MR) is 74.8 cm³/mol. The summed E-state index contributed by atoms with van der Waals surface area (Å²) in [7, 11) is 0. The Morgan fingerprint density at radius 3 is 3.28 bits per heavy atom. The minimum Gasteiger partial charge on any atom is -0.303 e. The fourth-order valence-corrected chi connectivity index (χ4v) is 3.18. The molecule has 0 aliphatic carbocycles. The number of likely N-dealkylation sites (tertiary alicyclic amines) is 1. The van der Waals surface area contributed by atoms with E-state index in [4.69, 9.17) is 0 Å². The van der Waals surface area contributed by atoms with Gasteiger partial charge in [-0.15, -0.1) is 0 Å². The van der Waals surface area contributed by atoms with Gasteiger partial charge in [0.2, 0.25) is 0 Å². The number of piperidine rings is 1. The summed E-state index contributed by atoms with van der Waals surface area (Å²) in [6.07, 6.45) is 5.86. The first-order valence-electron chi connectivity index (χ1n) is 7.03. The van der Waals surface area contributed by atoms with E-state index in [1.54, 1.807) is 0 Å². The molecule has 1 N–H and O–H groups in total. The van der Waals surface area contributed by atoms with Gasteiger partial charge in [-0.3, -0.25) is 5.10 Å². The molecule has 1 aromatic heterocycles. The fraction of sp³-hybridized carbons (Fsp3) is 0.533. The van der Waals surface area contributed by atoms with Crippen LogP contribution in [0.4, 0.5) is 0 Å². The van der Waals surface area contributed by atoms with E-state index in [0.717, 1.165) is 0 Å². The van der Waals surface area contributed by atoms with E-state index < -0.39 is 0 Å². The summed E-state index contributed by atoms with van der Waals surface area (Å²) in [6.45, 7) is 5.97. The topological polar surface area (TPSA) is 31.9 Å². The highest BCUT2D eigenvalue weighted by Crippen LogP contribution is 2.31. The molecule has 18 heavy (non-hydrogen) atoms.